The van der Waals surface area contributed by atoms with Gasteiger partial charge in [-0.2, -0.15) is 0 Å². The van der Waals surface area contributed by atoms with E-state index in [1.165, 1.54) is 0 Å². The van der Waals surface area contributed by atoms with Crippen LogP contribution in [-0.4, -0.2) is 41.5 Å². The van der Waals surface area contributed by atoms with Crippen LogP contribution in [-0.2, 0) is 14.0 Å². The van der Waals surface area contributed by atoms with E-state index in [1.54, 1.807) is 45.0 Å². The molecule has 0 spiro atoms. The molecule has 0 unspecified atom stereocenters. The number of ether oxygens (including phenoxy) is 1. The van der Waals surface area contributed by atoms with E-state index in [1.807, 2.05) is 27.7 Å². The third kappa shape index (κ3) is 5.13. The molecule has 2 heterocycles. The second kappa shape index (κ2) is 8.25. The third-order valence-corrected chi connectivity index (χ3v) is 5.46. The number of amides is 1. The SMILES string of the molecule is CC(C)(C)OC(=O)NCC(=Cc1cccc2[nH]c(=O)oc(=O)c12)B1OC(C)(C)C(C)(C)O1. The normalized spacial score (nSPS) is 18.1. The Hall–Kier alpha value is -2.85. The van der Waals surface area contributed by atoms with E-state index in [4.69, 9.17) is 18.5 Å². The highest BCUT2D eigenvalue weighted by Gasteiger charge is 2.52. The van der Waals surface area contributed by atoms with E-state index in [-0.39, 0.29) is 11.9 Å². The maximum absolute atomic E-state index is 12.4. The van der Waals surface area contributed by atoms with Crippen molar-refractivity contribution < 1.29 is 23.3 Å². The topological polar surface area (TPSA) is 120 Å². The molecule has 1 fully saturated rings. The fourth-order valence-electron chi connectivity index (χ4n) is 3.18. The Bertz CT molecular complexity index is 1160. The molecule has 2 N–H and O–H groups in total. The van der Waals surface area contributed by atoms with E-state index in [0.29, 0.717) is 16.6 Å². The predicted molar refractivity (Wildman–Crippen MR) is 121 cm³/mol. The number of nitrogens with one attached hydrogen (secondary N) is 2. The van der Waals surface area contributed by atoms with Gasteiger partial charge in [0.2, 0.25) is 0 Å². The summed E-state index contributed by atoms with van der Waals surface area (Å²) in [6.45, 7) is 13.0. The molecule has 1 aromatic carbocycles. The Kier molecular flexibility index (Phi) is 6.14. The maximum atomic E-state index is 12.4. The predicted octanol–water partition coefficient (Wildman–Crippen LogP) is 3.02. The zero-order valence-electron chi connectivity index (χ0n) is 19.5. The number of aromatic nitrogens is 1. The summed E-state index contributed by atoms with van der Waals surface area (Å²) in [4.78, 5) is 38.7. The smallest absolute Gasteiger partial charge is 0.444 e. The van der Waals surface area contributed by atoms with Crippen molar-refractivity contribution in [2.75, 3.05) is 6.54 Å². The van der Waals surface area contributed by atoms with Crippen molar-refractivity contribution in [3.8, 4) is 0 Å². The number of rotatable bonds is 4. The fourth-order valence-corrected chi connectivity index (χ4v) is 3.18. The van der Waals surface area contributed by atoms with Gasteiger partial charge in [0.1, 0.15) is 5.60 Å². The zero-order valence-corrected chi connectivity index (χ0v) is 19.5. The first-order valence-corrected chi connectivity index (χ1v) is 10.4. The Balaban J connectivity index is 2.02. The molecule has 172 valence electrons. The molecule has 3 rings (SSSR count). The summed E-state index contributed by atoms with van der Waals surface area (Å²) in [5.74, 6) is -0.832. The summed E-state index contributed by atoms with van der Waals surface area (Å²) in [5, 5.41) is 2.92. The van der Waals surface area contributed by atoms with E-state index in [9.17, 15) is 14.4 Å². The molecule has 0 radical (unpaired) electrons. The first-order valence-electron chi connectivity index (χ1n) is 10.4. The van der Waals surface area contributed by atoms with Crippen molar-refractivity contribution in [3.63, 3.8) is 0 Å². The van der Waals surface area contributed by atoms with Crippen LogP contribution >= 0.6 is 0 Å². The van der Waals surface area contributed by atoms with Gasteiger partial charge in [-0.3, -0.25) is 4.98 Å². The Morgan fingerprint density at radius 1 is 1.16 bits per heavy atom. The lowest BCUT2D eigenvalue weighted by Gasteiger charge is -2.32. The van der Waals surface area contributed by atoms with Gasteiger partial charge in [0, 0.05) is 6.54 Å². The number of benzene rings is 1. The minimum Gasteiger partial charge on any atom is -0.444 e. The summed E-state index contributed by atoms with van der Waals surface area (Å²) in [5.41, 5.74) is -1.23. The molecule has 2 aromatic rings. The number of aromatic amines is 1. The van der Waals surface area contributed by atoms with Gasteiger partial charge in [0.05, 0.1) is 22.1 Å². The molecule has 1 amide bonds. The van der Waals surface area contributed by atoms with Gasteiger partial charge in [-0.1, -0.05) is 18.2 Å². The van der Waals surface area contributed by atoms with Crippen LogP contribution in [0.25, 0.3) is 17.0 Å². The second-order valence-electron chi connectivity index (χ2n) is 9.73. The van der Waals surface area contributed by atoms with Crippen LogP contribution in [0.2, 0.25) is 0 Å². The number of carbonyl (C=O) groups is 1. The molecular weight excluding hydrogens is 415 g/mol. The van der Waals surface area contributed by atoms with E-state index >= 15 is 0 Å². The van der Waals surface area contributed by atoms with Crippen LogP contribution in [0, 0.1) is 0 Å². The Morgan fingerprint density at radius 2 is 1.78 bits per heavy atom. The highest BCUT2D eigenvalue weighted by Crippen LogP contribution is 2.38. The van der Waals surface area contributed by atoms with Crippen molar-refractivity contribution in [2.45, 2.75) is 65.3 Å². The Morgan fingerprint density at radius 3 is 2.38 bits per heavy atom. The third-order valence-electron chi connectivity index (χ3n) is 5.46. The number of hydrogen-bond donors (Lipinski definition) is 2. The number of fused-ring (bicyclic) bond motifs is 1. The molecule has 0 saturated carbocycles. The summed E-state index contributed by atoms with van der Waals surface area (Å²) in [6.07, 6.45) is 1.10. The summed E-state index contributed by atoms with van der Waals surface area (Å²) >= 11 is 0. The lowest BCUT2D eigenvalue weighted by Crippen LogP contribution is -2.41. The molecule has 1 aliphatic heterocycles. The average Bonchev–Trinajstić information content (AvgIpc) is 2.84. The van der Waals surface area contributed by atoms with Crippen molar-refractivity contribution in [1.29, 1.82) is 0 Å². The fraction of sp³-hybridized carbons (Fsp3) is 0.500. The summed E-state index contributed by atoms with van der Waals surface area (Å²) in [7, 11) is -0.778. The van der Waals surface area contributed by atoms with Crippen molar-refractivity contribution >= 4 is 30.2 Å². The summed E-state index contributed by atoms with van der Waals surface area (Å²) in [6, 6.07) is 5.02. The lowest BCUT2D eigenvalue weighted by molar-refractivity contribution is 0.00578. The van der Waals surface area contributed by atoms with Crippen LogP contribution in [0.3, 0.4) is 0 Å². The zero-order chi connectivity index (χ0) is 23.9. The molecule has 1 aliphatic rings. The van der Waals surface area contributed by atoms with E-state index in [2.05, 4.69) is 10.3 Å². The quantitative estimate of drug-likeness (QED) is 0.696. The minimum absolute atomic E-state index is 0.0524. The number of hydrogen-bond acceptors (Lipinski definition) is 7. The van der Waals surface area contributed by atoms with Gasteiger partial charge in [-0.15, -0.1) is 0 Å². The molecule has 9 nitrogen and oxygen atoms in total. The average molecular weight is 444 g/mol. The van der Waals surface area contributed by atoms with Crippen molar-refractivity contribution in [3.05, 3.63) is 50.2 Å². The maximum Gasteiger partial charge on any atom is 0.492 e. The van der Waals surface area contributed by atoms with Gasteiger partial charge in [-0.05, 0) is 65.6 Å². The molecule has 10 heteroatoms. The number of H-pyrrole nitrogens is 1. The van der Waals surface area contributed by atoms with Crippen LogP contribution < -0.4 is 16.7 Å². The number of carbonyl (C=O) groups excluding carboxylic acids is 1. The Labute approximate surface area is 186 Å². The first kappa shape index (κ1) is 23.8. The van der Waals surface area contributed by atoms with Crippen LogP contribution in [0.1, 0.15) is 54.0 Å². The number of alkyl carbamates (subject to hydrolysis) is 1. The van der Waals surface area contributed by atoms with Gasteiger partial charge < -0.3 is 23.8 Å². The molecule has 1 saturated heterocycles. The minimum atomic E-state index is -0.832. The van der Waals surface area contributed by atoms with Gasteiger partial charge >= 0.3 is 24.6 Å². The van der Waals surface area contributed by atoms with E-state index in [0.717, 1.165) is 0 Å². The van der Waals surface area contributed by atoms with Crippen molar-refractivity contribution in [1.82, 2.24) is 10.3 Å². The van der Waals surface area contributed by atoms with Gasteiger partial charge in [0.25, 0.3) is 0 Å². The van der Waals surface area contributed by atoms with E-state index < -0.39 is 41.4 Å². The van der Waals surface area contributed by atoms with Crippen molar-refractivity contribution in [2.24, 2.45) is 0 Å². The molecule has 32 heavy (non-hydrogen) atoms. The van der Waals surface area contributed by atoms with Crippen LogP contribution in [0.5, 0.6) is 0 Å². The van der Waals surface area contributed by atoms with Gasteiger partial charge in [0.15, 0.2) is 0 Å². The highest BCUT2D eigenvalue weighted by atomic mass is 16.7. The first-order chi connectivity index (χ1) is 14.7. The standard InChI is InChI=1S/C22H29BN2O7/c1-20(2,3)30-18(27)24-12-14(23-31-21(4,5)22(6,7)32-23)11-13-9-8-10-15-16(13)17(26)29-19(28)25-15/h8-11H,12H2,1-7H3,(H,24,27)(H,25,28). The largest absolute Gasteiger partial charge is 0.492 e. The molecule has 0 aliphatic carbocycles. The molecule has 1 aromatic heterocycles. The lowest BCUT2D eigenvalue weighted by atomic mass is 9.76. The van der Waals surface area contributed by atoms with Crippen LogP contribution in [0.15, 0.2) is 37.7 Å². The van der Waals surface area contributed by atoms with Crippen LogP contribution in [0.4, 0.5) is 4.79 Å². The monoisotopic (exact) mass is 444 g/mol. The second-order valence-corrected chi connectivity index (χ2v) is 9.73. The molecule has 0 bridgehead atoms. The highest BCUT2D eigenvalue weighted by molar-refractivity contribution is 6.56. The summed E-state index contributed by atoms with van der Waals surface area (Å²) < 4.78 is 22.3. The molecule has 0 atom stereocenters. The molecular formula is C22H29BN2O7. The van der Waals surface area contributed by atoms with Gasteiger partial charge in [-0.25, -0.2) is 14.4 Å².